The van der Waals surface area contributed by atoms with Crippen LogP contribution >= 0.6 is 0 Å². The molecule has 9 aromatic rings. The molecule has 5 nitrogen and oxygen atoms in total. The largest absolute Gasteiger partial charge is 0.493 e. The molecule has 0 atom stereocenters. The Morgan fingerprint density at radius 3 is 1.63 bits per heavy atom. The third kappa shape index (κ3) is 9.55. The van der Waals surface area contributed by atoms with Crippen LogP contribution in [0.2, 0.25) is 0 Å². The maximum atomic E-state index is 5.13. The normalized spacial score (nSPS) is 13.4. The van der Waals surface area contributed by atoms with Crippen LogP contribution in [0.5, 0.6) is 0 Å². The zero-order chi connectivity index (χ0) is 51.1. The van der Waals surface area contributed by atoms with Gasteiger partial charge in [-0.1, -0.05) is 192 Å². The third-order valence-electron chi connectivity index (χ3n) is 15.4. The molecule has 376 valence electrons. The Morgan fingerprint density at radius 2 is 1.00 bits per heavy atom. The predicted octanol–water partition coefficient (Wildman–Crippen LogP) is 17.5. The minimum atomic E-state index is -0.272. The average Bonchev–Trinajstić information content (AvgIpc) is 3.91. The van der Waals surface area contributed by atoms with E-state index in [4.69, 9.17) is 4.98 Å². The van der Waals surface area contributed by atoms with Crippen molar-refractivity contribution in [3.05, 3.63) is 222 Å². The van der Waals surface area contributed by atoms with E-state index in [1.807, 2.05) is 6.20 Å². The second-order valence-corrected chi connectivity index (χ2v) is 24.1. The van der Waals surface area contributed by atoms with Crippen molar-refractivity contribution in [3.63, 3.8) is 0 Å². The topological polar surface area (TPSA) is 27.5 Å². The molecule has 0 spiro atoms. The molecule has 73 heavy (non-hydrogen) atoms. The molecule has 0 unspecified atom stereocenters. The Kier molecular flexibility index (Phi) is 13.3. The first-order valence-corrected chi connectivity index (χ1v) is 25.6. The fraction of sp³-hybridized carbons (Fsp3) is 0.284. The van der Waals surface area contributed by atoms with Crippen molar-refractivity contribution in [1.29, 1.82) is 0 Å². The zero-order valence-corrected chi connectivity index (χ0v) is 47.5. The zero-order valence-electron chi connectivity index (χ0n) is 45.2. The van der Waals surface area contributed by atoms with Gasteiger partial charge in [-0.2, -0.15) is 12.1 Å². The number of para-hydroxylation sites is 2. The van der Waals surface area contributed by atoms with Crippen LogP contribution in [-0.4, -0.2) is 16.6 Å². The second kappa shape index (κ2) is 18.8. The first-order chi connectivity index (χ1) is 34.0. The minimum Gasteiger partial charge on any atom is -0.493 e. The summed E-state index contributed by atoms with van der Waals surface area (Å²) in [5.41, 5.74) is 16.9. The van der Waals surface area contributed by atoms with Crippen molar-refractivity contribution in [1.82, 2.24) is 9.55 Å². The quantitative estimate of drug-likeness (QED) is 0.135. The molecule has 0 amide bonds. The van der Waals surface area contributed by atoms with Gasteiger partial charge in [-0.15, -0.1) is 48.1 Å². The monoisotopic (exact) mass is 1140 g/mol. The molecule has 0 bridgehead atoms. The van der Waals surface area contributed by atoms with Gasteiger partial charge in [-0.05, 0) is 103 Å². The Hall–Kier alpha value is -6.42. The SMILES string of the molecule is CN(c1[c-]c(N2[CH-]N(c3cc(C(C)(C)C)cc(C(C)(C)C)c3)c3ccccc32)ccc1)c1[c-]c2c(cc1)c1cc(C(C)(C)c3ccccc3)ccc1n2-c1cc(C(C)(C)c2ccc(C(C)(C)C)cc2)ccn1.[Pt]. The molecule has 1 aliphatic rings. The molecule has 3 heterocycles. The molecule has 2 aromatic heterocycles. The van der Waals surface area contributed by atoms with Crippen LogP contribution in [0.15, 0.2) is 164 Å². The number of rotatable bonds is 9. The number of benzene rings is 7. The number of hydrogen-bond donors (Lipinski definition) is 0. The van der Waals surface area contributed by atoms with Crippen LogP contribution in [0.1, 0.15) is 129 Å². The number of pyridine rings is 1. The smallest absolute Gasteiger partial charge is 0.135 e. The second-order valence-electron chi connectivity index (χ2n) is 24.1. The molecule has 0 aliphatic carbocycles. The molecule has 6 heteroatoms. The van der Waals surface area contributed by atoms with Crippen molar-refractivity contribution < 1.29 is 21.1 Å². The Balaban J connectivity index is 0.00000656. The third-order valence-corrected chi connectivity index (χ3v) is 15.4. The molecule has 0 N–H and O–H groups in total. The maximum absolute atomic E-state index is 5.13. The molecule has 0 saturated heterocycles. The van der Waals surface area contributed by atoms with Crippen molar-refractivity contribution in [2.75, 3.05) is 21.7 Å². The summed E-state index contributed by atoms with van der Waals surface area (Å²) >= 11 is 0. The van der Waals surface area contributed by atoms with E-state index in [9.17, 15) is 0 Å². The van der Waals surface area contributed by atoms with E-state index in [-0.39, 0.29) is 48.1 Å². The van der Waals surface area contributed by atoms with Gasteiger partial charge in [-0.25, -0.2) is 4.98 Å². The van der Waals surface area contributed by atoms with Crippen LogP contribution in [0.4, 0.5) is 34.1 Å². The van der Waals surface area contributed by atoms with Crippen LogP contribution in [0.3, 0.4) is 0 Å². The summed E-state index contributed by atoms with van der Waals surface area (Å²) < 4.78 is 2.31. The van der Waals surface area contributed by atoms with E-state index in [2.05, 4.69) is 293 Å². The summed E-state index contributed by atoms with van der Waals surface area (Å²) in [5.74, 6) is 0.863. The van der Waals surface area contributed by atoms with Crippen molar-refractivity contribution in [3.8, 4) is 5.82 Å². The standard InChI is InChI=1S/C67H70N5.Pt/c1-63(2,3)45-27-29-47(30-28-45)67(12,13)49-35-36-68-62(41-49)72-58-34-31-48(66(10,11)46-21-16-15-17-22-46)40-57(58)56-33-32-53(43-61(56)72)69(14)52-23-20-24-54(42-52)70-44-71(60-26-19-18-25-59(60)70)55-38-50(64(4,5)6)37-51(39-55)65(7,8)9;/h15-41,44H,1-14H3;/q-3;. The van der Waals surface area contributed by atoms with E-state index in [1.165, 1.54) is 44.3 Å². The number of hydrogen-bond acceptors (Lipinski definition) is 4. The van der Waals surface area contributed by atoms with E-state index in [1.54, 1.807) is 0 Å². The van der Waals surface area contributed by atoms with Gasteiger partial charge in [0.2, 0.25) is 0 Å². The number of nitrogens with zero attached hydrogens (tertiary/aromatic N) is 5. The Morgan fingerprint density at radius 1 is 0.452 bits per heavy atom. The Labute approximate surface area is 450 Å². The summed E-state index contributed by atoms with van der Waals surface area (Å²) in [5, 5.41) is 2.30. The molecule has 0 radical (unpaired) electrons. The van der Waals surface area contributed by atoms with Crippen LogP contribution < -0.4 is 14.7 Å². The number of aromatic nitrogens is 2. The van der Waals surface area contributed by atoms with Gasteiger partial charge >= 0.3 is 0 Å². The molecule has 0 fully saturated rings. The van der Waals surface area contributed by atoms with Gasteiger partial charge in [0.25, 0.3) is 0 Å². The summed E-state index contributed by atoms with van der Waals surface area (Å²) in [6, 6.07) is 65.8. The molecular weight excluding hydrogens is 1070 g/mol. The van der Waals surface area contributed by atoms with Crippen LogP contribution in [0.25, 0.3) is 27.6 Å². The molecule has 1 aliphatic heterocycles. The molecule has 7 aromatic carbocycles. The predicted molar refractivity (Wildman–Crippen MR) is 305 cm³/mol. The van der Waals surface area contributed by atoms with Crippen molar-refractivity contribution in [2.24, 2.45) is 0 Å². The number of anilines is 6. The van der Waals surface area contributed by atoms with Crippen molar-refractivity contribution in [2.45, 2.75) is 117 Å². The fourth-order valence-corrected chi connectivity index (χ4v) is 10.3. The summed E-state index contributed by atoms with van der Waals surface area (Å²) in [4.78, 5) is 11.9. The summed E-state index contributed by atoms with van der Waals surface area (Å²) in [6.45, 7) is 32.1. The van der Waals surface area contributed by atoms with Gasteiger partial charge in [-0.3, -0.25) is 0 Å². The van der Waals surface area contributed by atoms with E-state index in [0.717, 1.165) is 56.4 Å². The number of fused-ring (bicyclic) bond motifs is 4. The first kappa shape index (κ1) is 51.5. The van der Waals surface area contributed by atoms with Crippen LogP contribution in [0, 0.1) is 18.8 Å². The van der Waals surface area contributed by atoms with Gasteiger partial charge in [0.05, 0.1) is 0 Å². The molecule has 0 saturated carbocycles. The van der Waals surface area contributed by atoms with Gasteiger partial charge in [0.15, 0.2) is 0 Å². The first-order valence-electron chi connectivity index (χ1n) is 25.6. The van der Waals surface area contributed by atoms with Crippen LogP contribution in [-0.2, 0) is 48.1 Å². The van der Waals surface area contributed by atoms with E-state index in [0.29, 0.717) is 0 Å². The summed E-state index contributed by atoms with van der Waals surface area (Å²) in [7, 11) is 2.12. The fourth-order valence-electron chi connectivity index (χ4n) is 10.3. The van der Waals surface area contributed by atoms with E-state index >= 15 is 0 Å². The van der Waals surface area contributed by atoms with E-state index < -0.39 is 0 Å². The maximum Gasteiger partial charge on any atom is 0.135 e. The Bertz CT molecular complexity index is 3440. The van der Waals surface area contributed by atoms with Gasteiger partial charge in [0, 0.05) is 67.7 Å². The summed E-state index contributed by atoms with van der Waals surface area (Å²) in [6.07, 6.45) is 1.97. The molecular formula is C67H70N5Pt-3. The average molecular weight is 1140 g/mol. The molecule has 10 rings (SSSR count). The minimum absolute atomic E-state index is 0. The van der Waals surface area contributed by atoms with Crippen molar-refractivity contribution >= 4 is 55.9 Å². The van der Waals surface area contributed by atoms with Gasteiger partial charge in [0.1, 0.15) is 5.82 Å². The van der Waals surface area contributed by atoms with Gasteiger partial charge < -0.3 is 19.3 Å².